The Morgan fingerprint density at radius 3 is 2.67 bits per heavy atom. The van der Waals surface area contributed by atoms with Gasteiger partial charge in [-0.2, -0.15) is 5.26 Å². The maximum atomic E-state index is 8.96. The first-order chi connectivity index (χ1) is 8.60. The molecule has 1 N–H and O–H groups in total. The average Bonchev–Trinajstić information content (AvgIpc) is 2.70. The molecule has 0 radical (unpaired) electrons. The highest BCUT2D eigenvalue weighted by Crippen LogP contribution is 2.25. The predicted octanol–water partition coefficient (Wildman–Crippen LogP) is 3.65. The number of nitrogens with zero attached hydrogens (tertiary/aromatic N) is 1. The van der Waals surface area contributed by atoms with Crippen LogP contribution < -0.4 is 4.74 Å². The number of rotatable bonds is 3. The zero-order valence-corrected chi connectivity index (χ0v) is 10.8. The van der Waals surface area contributed by atoms with Crippen LogP contribution in [0, 0.1) is 18.3 Å². The number of nitrogens with one attached hydrogen (secondary N) is 1. The summed E-state index contributed by atoms with van der Waals surface area (Å²) in [5.74, 6) is 0.841. The SMILES string of the molecule is Cc1[nH]c(-c2cccc(OC(C)C)c2)cc1C#N. The van der Waals surface area contributed by atoms with Crippen LogP contribution >= 0.6 is 0 Å². The Morgan fingerprint density at radius 1 is 1.28 bits per heavy atom. The number of ether oxygens (including phenoxy) is 1. The number of aryl methyl sites for hydroxylation is 1. The van der Waals surface area contributed by atoms with Gasteiger partial charge in [0, 0.05) is 17.0 Å². The number of benzene rings is 1. The fourth-order valence-corrected chi connectivity index (χ4v) is 1.84. The minimum atomic E-state index is 0.153. The van der Waals surface area contributed by atoms with Gasteiger partial charge in [-0.05, 0) is 39.0 Å². The van der Waals surface area contributed by atoms with Crippen molar-refractivity contribution in [1.29, 1.82) is 5.26 Å². The lowest BCUT2D eigenvalue weighted by Gasteiger charge is -2.10. The van der Waals surface area contributed by atoms with E-state index >= 15 is 0 Å². The van der Waals surface area contributed by atoms with Crippen molar-refractivity contribution in [3.05, 3.63) is 41.6 Å². The van der Waals surface area contributed by atoms with Gasteiger partial charge in [0.15, 0.2) is 0 Å². The normalized spacial score (nSPS) is 10.4. The summed E-state index contributed by atoms with van der Waals surface area (Å²) in [4.78, 5) is 3.21. The van der Waals surface area contributed by atoms with Gasteiger partial charge in [0.2, 0.25) is 0 Å². The zero-order chi connectivity index (χ0) is 13.1. The summed E-state index contributed by atoms with van der Waals surface area (Å²) < 4.78 is 5.66. The van der Waals surface area contributed by atoms with Crippen molar-refractivity contribution in [2.45, 2.75) is 26.9 Å². The van der Waals surface area contributed by atoms with Crippen LogP contribution in [0.15, 0.2) is 30.3 Å². The third-order valence-electron chi connectivity index (χ3n) is 2.65. The van der Waals surface area contributed by atoms with Crippen molar-refractivity contribution in [2.24, 2.45) is 0 Å². The number of H-pyrrole nitrogens is 1. The maximum absolute atomic E-state index is 8.96. The highest BCUT2D eigenvalue weighted by Gasteiger charge is 2.07. The van der Waals surface area contributed by atoms with Crippen LogP contribution in [-0.4, -0.2) is 11.1 Å². The van der Waals surface area contributed by atoms with E-state index in [-0.39, 0.29) is 6.10 Å². The van der Waals surface area contributed by atoms with E-state index in [1.54, 1.807) is 0 Å². The first-order valence-corrected chi connectivity index (χ1v) is 5.97. The number of aromatic nitrogens is 1. The van der Waals surface area contributed by atoms with Gasteiger partial charge in [0.25, 0.3) is 0 Å². The molecule has 1 aromatic heterocycles. The molecular weight excluding hydrogens is 224 g/mol. The first kappa shape index (κ1) is 12.3. The summed E-state index contributed by atoms with van der Waals surface area (Å²) in [6, 6.07) is 11.9. The summed E-state index contributed by atoms with van der Waals surface area (Å²) in [5, 5.41) is 8.96. The van der Waals surface area contributed by atoms with Gasteiger partial charge in [-0.25, -0.2) is 0 Å². The van der Waals surface area contributed by atoms with E-state index in [0.29, 0.717) is 5.56 Å². The fourth-order valence-electron chi connectivity index (χ4n) is 1.84. The minimum absolute atomic E-state index is 0.153. The molecule has 92 valence electrons. The summed E-state index contributed by atoms with van der Waals surface area (Å²) in [6.45, 7) is 5.90. The van der Waals surface area contributed by atoms with E-state index in [1.807, 2.05) is 51.1 Å². The van der Waals surface area contributed by atoms with Gasteiger partial charge in [-0.3, -0.25) is 0 Å². The van der Waals surface area contributed by atoms with Crippen LogP contribution in [0.5, 0.6) is 5.75 Å². The van der Waals surface area contributed by atoms with E-state index in [1.165, 1.54) is 0 Å². The second kappa shape index (κ2) is 4.97. The number of hydrogen-bond acceptors (Lipinski definition) is 2. The molecule has 2 aromatic rings. The second-order valence-electron chi connectivity index (χ2n) is 4.53. The number of aromatic amines is 1. The van der Waals surface area contributed by atoms with Crippen molar-refractivity contribution < 1.29 is 4.74 Å². The van der Waals surface area contributed by atoms with Crippen molar-refractivity contribution >= 4 is 0 Å². The van der Waals surface area contributed by atoms with Gasteiger partial charge in [-0.1, -0.05) is 12.1 Å². The lowest BCUT2D eigenvalue weighted by molar-refractivity contribution is 0.242. The number of nitriles is 1. The van der Waals surface area contributed by atoms with E-state index in [4.69, 9.17) is 10.00 Å². The highest BCUT2D eigenvalue weighted by molar-refractivity contribution is 5.64. The number of hydrogen-bond donors (Lipinski definition) is 1. The molecule has 0 aliphatic heterocycles. The molecule has 0 spiro atoms. The molecular formula is C15H16N2O. The van der Waals surface area contributed by atoms with Crippen molar-refractivity contribution in [1.82, 2.24) is 4.98 Å². The summed E-state index contributed by atoms with van der Waals surface area (Å²) in [7, 11) is 0. The van der Waals surface area contributed by atoms with E-state index in [2.05, 4.69) is 11.1 Å². The Labute approximate surface area is 107 Å². The standard InChI is InChI=1S/C15H16N2O/c1-10(2)18-14-6-4-5-12(7-14)15-8-13(9-16)11(3)17-15/h4-8,10,17H,1-3H3. The molecule has 0 bridgehead atoms. The van der Waals surface area contributed by atoms with Crippen molar-refractivity contribution in [3.8, 4) is 23.1 Å². The van der Waals surface area contributed by atoms with Crippen LogP contribution in [0.3, 0.4) is 0 Å². The molecule has 1 aromatic carbocycles. The molecule has 2 rings (SSSR count). The summed E-state index contributed by atoms with van der Waals surface area (Å²) in [6.07, 6.45) is 0.153. The molecule has 0 aliphatic rings. The molecule has 3 heteroatoms. The van der Waals surface area contributed by atoms with Crippen LogP contribution in [0.4, 0.5) is 0 Å². The van der Waals surface area contributed by atoms with Crippen LogP contribution in [0.2, 0.25) is 0 Å². The lowest BCUT2D eigenvalue weighted by atomic mass is 10.1. The van der Waals surface area contributed by atoms with Crippen molar-refractivity contribution in [2.75, 3.05) is 0 Å². The summed E-state index contributed by atoms with van der Waals surface area (Å²) >= 11 is 0. The zero-order valence-electron chi connectivity index (χ0n) is 10.8. The Bertz CT molecular complexity index is 591. The van der Waals surface area contributed by atoms with E-state index in [0.717, 1.165) is 22.7 Å². The quantitative estimate of drug-likeness (QED) is 0.890. The van der Waals surface area contributed by atoms with Gasteiger partial charge in [0.05, 0.1) is 11.7 Å². The van der Waals surface area contributed by atoms with Crippen LogP contribution in [0.25, 0.3) is 11.3 Å². The molecule has 0 aliphatic carbocycles. The van der Waals surface area contributed by atoms with Gasteiger partial charge < -0.3 is 9.72 Å². The molecule has 0 amide bonds. The molecule has 0 unspecified atom stereocenters. The molecule has 0 saturated heterocycles. The Morgan fingerprint density at radius 2 is 2.06 bits per heavy atom. The topological polar surface area (TPSA) is 48.8 Å². The average molecular weight is 240 g/mol. The molecule has 0 fully saturated rings. The van der Waals surface area contributed by atoms with Crippen LogP contribution in [0.1, 0.15) is 25.1 Å². The predicted molar refractivity (Wildman–Crippen MR) is 71.4 cm³/mol. The highest BCUT2D eigenvalue weighted by atomic mass is 16.5. The molecule has 0 saturated carbocycles. The lowest BCUT2D eigenvalue weighted by Crippen LogP contribution is -2.05. The third kappa shape index (κ3) is 2.54. The molecule has 1 heterocycles. The smallest absolute Gasteiger partial charge is 0.120 e. The van der Waals surface area contributed by atoms with Gasteiger partial charge in [0.1, 0.15) is 11.8 Å². The second-order valence-corrected chi connectivity index (χ2v) is 4.53. The monoisotopic (exact) mass is 240 g/mol. The minimum Gasteiger partial charge on any atom is -0.491 e. The van der Waals surface area contributed by atoms with E-state index in [9.17, 15) is 0 Å². The Kier molecular flexibility index (Phi) is 3.38. The van der Waals surface area contributed by atoms with Crippen molar-refractivity contribution in [3.63, 3.8) is 0 Å². The Balaban J connectivity index is 2.35. The summed E-state index contributed by atoms with van der Waals surface area (Å²) in [5.41, 5.74) is 3.54. The van der Waals surface area contributed by atoms with E-state index < -0.39 is 0 Å². The largest absolute Gasteiger partial charge is 0.491 e. The molecule has 18 heavy (non-hydrogen) atoms. The maximum Gasteiger partial charge on any atom is 0.120 e. The first-order valence-electron chi connectivity index (χ1n) is 5.97. The van der Waals surface area contributed by atoms with Crippen LogP contribution in [-0.2, 0) is 0 Å². The molecule has 3 nitrogen and oxygen atoms in total. The van der Waals surface area contributed by atoms with Gasteiger partial charge >= 0.3 is 0 Å². The van der Waals surface area contributed by atoms with Gasteiger partial charge in [-0.15, -0.1) is 0 Å². The third-order valence-corrected chi connectivity index (χ3v) is 2.65. The Hall–Kier alpha value is -2.21. The molecule has 0 atom stereocenters. The fraction of sp³-hybridized carbons (Fsp3) is 0.267.